The molecule has 6 nitrogen and oxygen atoms in total. The number of aliphatic hydroxyl groups excluding tert-OH is 1. The molecule has 2 amide bonds. The molecule has 1 fully saturated rings. The SMILES string of the molecule is O=C1CCC(C(=O)NC2(CO)CCCCC2)=NN1. The molecule has 2 rings (SSSR count). The molecule has 2 aliphatic rings. The number of nitrogens with one attached hydrogen (secondary N) is 2. The zero-order valence-corrected chi connectivity index (χ0v) is 10.4. The first kappa shape index (κ1) is 13.0. The summed E-state index contributed by atoms with van der Waals surface area (Å²) in [6, 6.07) is 0. The van der Waals surface area contributed by atoms with Gasteiger partial charge in [0.15, 0.2) is 0 Å². The van der Waals surface area contributed by atoms with Crippen molar-refractivity contribution in [2.45, 2.75) is 50.5 Å². The third-order valence-electron chi connectivity index (χ3n) is 3.66. The Balaban J connectivity index is 1.99. The van der Waals surface area contributed by atoms with E-state index < -0.39 is 5.54 Å². The molecule has 6 heteroatoms. The van der Waals surface area contributed by atoms with Crippen LogP contribution in [0.5, 0.6) is 0 Å². The van der Waals surface area contributed by atoms with Gasteiger partial charge < -0.3 is 10.4 Å². The predicted molar refractivity (Wildman–Crippen MR) is 65.9 cm³/mol. The normalized spacial score (nSPS) is 22.9. The Morgan fingerprint density at radius 3 is 2.61 bits per heavy atom. The lowest BCUT2D eigenvalue weighted by Crippen LogP contribution is -2.54. The third-order valence-corrected chi connectivity index (χ3v) is 3.66. The summed E-state index contributed by atoms with van der Waals surface area (Å²) in [4.78, 5) is 23.0. The van der Waals surface area contributed by atoms with E-state index in [1.54, 1.807) is 0 Å². The molecule has 1 aliphatic heterocycles. The van der Waals surface area contributed by atoms with E-state index in [4.69, 9.17) is 0 Å². The van der Waals surface area contributed by atoms with Crippen LogP contribution in [0.1, 0.15) is 44.9 Å². The number of amides is 2. The first-order chi connectivity index (χ1) is 8.65. The Morgan fingerprint density at radius 2 is 2.06 bits per heavy atom. The molecule has 18 heavy (non-hydrogen) atoms. The highest BCUT2D eigenvalue weighted by molar-refractivity contribution is 6.39. The van der Waals surface area contributed by atoms with Gasteiger partial charge in [-0.25, -0.2) is 5.43 Å². The van der Waals surface area contributed by atoms with Crippen molar-refractivity contribution in [2.75, 3.05) is 6.61 Å². The van der Waals surface area contributed by atoms with Gasteiger partial charge in [0.05, 0.1) is 12.1 Å². The maximum atomic E-state index is 12.0. The predicted octanol–water partition coefficient (Wildman–Crippen LogP) is 0.0638. The topological polar surface area (TPSA) is 90.8 Å². The van der Waals surface area contributed by atoms with Crippen LogP contribution in [0, 0.1) is 0 Å². The lowest BCUT2D eigenvalue weighted by Gasteiger charge is -2.36. The largest absolute Gasteiger partial charge is 0.394 e. The van der Waals surface area contributed by atoms with Crippen LogP contribution in [0.3, 0.4) is 0 Å². The zero-order valence-electron chi connectivity index (χ0n) is 10.4. The molecule has 3 N–H and O–H groups in total. The van der Waals surface area contributed by atoms with Gasteiger partial charge >= 0.3 is 0 Å². The Morgan fingerprint density at radius 1 is 1.33 bits per heavy atom. The summed E-state index contributed by atoms with van der Waals surface area (Å²) in [5, 5.41) is 16.2. The van der Waals surface area contributed by atoms with Crippen LogP contribution in [0.4, 0.5) is 0 Å². The fraction of sp³-hybridized carbons (Fsp3) is 0.750. The van der Waals surface area contributed by atoms with E-state index in [1.807, 2.05) is 0 Å². The van der Waals surface area contributed by atoms with Crippen molar-refractivity contribution in [1.82, 2.24) is 10.7 Å². The highest BCUT2D eigenvalue weighted by Gasteiger charge is 2.34. The van der Waals surface area contributed by atoms with E-state index in [0.717, 1.165) is 32.1 Å². The first-order valence-electron chi connectivity index (χ1n) is 6.44. The molecule has 1 heterocycles. The highest BCUT2D eigenvalue weighted by atomic mass is 16.3. The summed E-state index contributed by atoms with van der Waals surface area (Å²) in [7, 11) is 0. The number of hydrogen-bond acceptors (Lipinski definition) is 4. The van der Waals surface area contributed by atoms with E-state index in [2.05, 4.69) is 15.8 Å². The Hall–Kier alpha value is -1.43. The number of carbonyl (C=O) groups is 2. The minimum atomic E-state index is -0.501. The molecule has 0 spiro atoms. The molecule has 0 aromatic carbocycles. The van der Waals surface area contributed by atoms with Gasteiger partial charge in [0, 0.05) is 12.8 Å². The molecule has 0 unspecified atom stereocenters. The van der Waals surface area contributed by atoms with Crippen LogP contribution in [0.15, 0.2) is 5.10 Å². The minimum absolute atomic E-state index is 0.0433. The second-order valence-corrected chi connectivity index (χ2v) is 5.05. The van der Waals surface area contributed by atoms with Crippen LogP contribution < -0.4 is 10.7 Å². The van der Waals surface area contributed by atoms with Crippen molar-refractivity contribution in [3.8, 4) is 0 Å². The van der Waals surface area contributed by atoms with Gasteiger partial charge in [0.25, 0.3) is 5.91 Å². The lowest BCUT2D eigenvalue weighted by molar-refractivity contribution is -0.121. The second kappa shape index (κ2) is 5.48. The van der Waals surface area contributed by atoms with Crippen molar-refractivity contribution < 1.29 is 14.7 Å². The van der Waals surface area contributed by atoms with Gasteiger partial charge in [0.2, 0.25) is 5.91 Å². The smallest absolute Gasteiger partial charge is 0.268 e. The Kier molecular flexibility index (Phi) is 3.96. The summed E-state index contributed by atoms with van der Waals surface area (Å²) in [6.45, 7) is -0.0433. The molecule has 0 atom stereocenters. The van der Waals surface area contributed by atoms with Crippen molar-refractivity contribution in [2.24, 2.45) is 5.10 Å². The summed E-state index contributed by atoms with van der Waals surface area (Å²) in [6.07, 6.45) is 5.43. The van der Waals surface area contributed by atoms with Crippen LogP contribution in [0.2, 0.25) is 0 Å². The number of hydrazone groups is 1. The number of carbonyl (C=O) groups excluding carboxylic acids is 2. The van der Waals surface area contributed by atoms with Crippen molar-refractivity contribution in [1.29, 1.82) is 0 Å². The molecule has 0 saturated heterocycles. The molecule has 0 radical (unpaired) electrons. The van der Waals surface area contributed by atoms with Gasteiger partial charge in [-0.1, -0.05) is 19.3 Å². The molecular formula is C12H19N3O3. The van der Waals surface area contributed by atoms with Crippen molar-refractivity contribution in [3.05, 3.63) is 0 Å². The van der Waals surface area contributed by atoms with Crippen LogP contribution in [-0.4, -0.2) is 34.8 Å². The third kappa shape index (κ3) is 2.87. The van der Waals surface area contributed by atoms with Crippen LogP contribution in [-0.2, 0) is 9.59 Å². The fourth-order valence-electron chi connectivity index (χ4n) is 2.50. The lowest BCUT2D eigenvalue weighted by atomic mass is 9.82. The standard InChI is InChI=1S/C12H19N3O3/c16-8-12(6-2-1-3-7-12)13-11(18)9-4-5-10(17)15-14-9/h16H,1-8H2,(H,13,18)(H,15,17). The maximum absolute atomic E-state index is 12.0. The summed E-state index contributed by atoms with van der Waals surface area (Å²) in [5.74, 6) is -0.438. The van der Waals surface area contributed by atoms with Crippen LogP contribution in [0.25, 0.3) is 0 Å². The van der Waals surface area contributed by atoms with E-state index in [9.17, 15) is 14.7 Å². The molecule has 100 valence electrons. The fourth-order valence-corrected chi connectivity index (χ4v) is 2.50. The molecule has 1 aliphatic carbocycles. The summed E-state index contributed by atoms with van der Waals surface area (Å²) >= 11 is 0. The molecular weight excluding hydrogens is 234 g/mol. The van der Waals surface area contributed by atoms with E-state index >= 15 is 0 Å². The van der Waals surface area contributed by atoms with Gasteiger partial charge in [-0.3, -0.25) is 9.59 Å². The second-order valence-electron chi connectivity index (χ2n) is 5.05. The highest BCUT2D eigenvalue weighted by Crippen LogP contribution is 2.27. The van der Waals surface area contributed by atoms with Gasteiger partial charge in [-0.05, 0) is 12.8 Å². The number of aliphatic hydroxyl groups is 1. The molecule has 0 aromatic heterocycles. The first-order valence-corrected chi connectivity index (χ1v) is 6.44. The van der Waals surface area contributed by atoms with Gasteiger partial charge in [-0.15, -0.1) is 0 Å². The van der Waals surface area contributed by atoms with Gasteiger partial charge in [-0.2, -0.15) is 5.10 Å². The Labute approximate surface area is 106 Å². The van der Waals surface area contributed by atoms with E-state index in [1.165, 1.54) is 0 Å². The monoisotopic (exact) mass is 253 g/mol. The average Bonchev–Trinajstić information content (AvgIpc) is 2.40. The van der Waals surface area contributed by atoms with Crippen molar-refractivity contribution in [3.63, 3.8) is 0 Å². The number of nitrogens with zero attached hydrogens (tertiary/aromatic N) is 1. The molecule has 1 saturated carbocycles. The molecule has 0 bridgehead atoms. The quantitative estimate of drug-likeness (QED) is 0.664. The average molecular weight is 253 g/mol. The minimum Gasteiger partial charge on any atom is -0.394 e. The number of rotatable bonds is 3. The number of hydrogen-bond donors (Lipinski definition) is 3. The summed E-state index contributed by atoms with van der Waals surface area (Å²) in [5.41, 5.74) is 2.15. The molecule has 0 aromatic rings. The van der Waals surface area contributed by atoms with Crippen molar-refractivity contribution >= 4 is 17.5 Å². The van der Waals surface area contributed by atoms with E-state index in [0.29, 0.717) is 18.6 Å². The van der Waals surface area contributed by atoms with E-state index in [-0.39, 0.29) is 18.4 Å². The van der Waals surface area contributed by atoms with Crippen LogP contribution >= 0.6 is 0 Å². The zero-order chi connectivity index (χ0) is 13.0. The maximum Gasteiger partial charge on any atom is 0.268 e. The van der Waals surface area contributed by atoms with Gasteiger partial charge in [0.1, 0.15) is 5.71 Å². The Bertz CT molecular complexity index is 373. The summed E-state index contributed by atoms with van der Waals surface area (Å²) < 4.78 is 0.